The lowest BCUT2D eigenvalue weighted by atomic mass is 10.2. The highest BCUT2D eigenvalue weighted by Gasteiger charge is 2.25. The number of hydrogen-bond acceptors (Lipinski definition) is 1. The molecule has 0 heterocycles. The Balaban J connectivity index is 1.97. The van der Waals surface area contributed by atoms with Gasteiger partial charge >= 0.3 is 0 Å². The Kier molecular flexibility index (Phi) is 5.06. The van der Waals surface area contributed by atoms with Crippen molar-refractivity contribution < 1.29 is 4.57 Å². The maximum atomic E-state index is 13.6. The summed E-state index contributed by atoms with van der Waals surface area (Å²) in [6.07, 6.45) is 1.45. The van der Waals surface area contributed by atoms with Gasteiger partial charge in [0.15, 0.2) is 0 Å². The molecule has 0 aliphatic carbocycles. The maximum absolute atomic E-state index is 13.6. The van der Waals surface area contributed by atoms with Crippen molar-refractivity contribution in [3.8, 4) is 11.8 Å². The lowest BCUT2D eigenvalue weighted by Crippen LogP contribution is -2.14. The summed E-state index contributed by atoms with van der Waals surface area (Å²) in [5.74, 6) is 5.88. The molecule has 0 N–H and O–H groups in total. The second-order valence-electron chi connectivity index (χ2n) is 5.13. The van der Waals surface area contributed by atoms with Crippen LogP contribution >= 0.6 is 7.29 Å². The summed E-state index contributed by atoms with van der Waals surface area (Å²) in [6, 6.07) is 28.3. The SMILES string of the molecule is O=P(N=CC#Cc1ccccc1)(c1ccccc1)c1ccccc1. The van der Waals surface area contributed by atoms with Crippen molar-refractivity contribution in [2.24, 2.45) is 4.76 Å². The van der Waals surface area contributed by atoms with Crippen LogP contribution < -0.4 is 10.6 Å². The third-order valence-corrected chi connectivity index (χ3v) is 5.92. The van der Waals surface area contributed by atoms with Crippen LogP contribution in [0.1, 0.15) is 5.56 Å². The van der Waals surface area contributed by atoms with Gasteiger partial charge in [0.1, 0.15) is 0 Å². The molecule has 3 aromatic carbocycles. The minimum Gasteiger partial charge on any atom is -0.288 e. The van der Waals surface area contributed by atoms with Crippen molar-refractivity contribution in [3.63, 3.8) is 0 Å². The molecule has 0 bridgehead atoms. The molecule has 0 atom stereocenters. The third kappa shape index (κ3) is 3.71. The predicted octanol–water partition coefficient (Wildman–Crippen LogP) is 4.04. The second-order valence-corrected chi connectivity index (χ2v) is 7.54. The molecule has 3 rings (SSSR count). The summed E-state index contributed by atoms with van der Waals surface area (Å²) in [4.78, 5) is 0. The first-order chi connectivity index (χ1) is 11.8. The van der Waals surface area contributed by atoms with Gasteiger partial charge in [-0.1, -0.05) is 60.5 Å². The Bertz CT molecular complexity index is 880. The Hall–Kier alpha value is -2.88. The Morgan fingerprint density at radius 2 is 1.17 bits per heavy atom. The minimum absolute atomic E-state index is 0.703. The second kappa shape index (κ2) is 7.59. The first-order valence-corrected chi connectivity index (χ1v) is 9.27. The molecule has 0 aliphatic heterocycles. The summed E-state index contributed by atoms with van der Waals surface area (Å²) in [5, 5.41) is 1.41. The van der Waals surface area contributed by atoms with Crippen LogP contribution in [0.2, 0.25) is 0 Å². The number of nitrogens with zero attached hydrogens (tertiary/aromatic N) is 1. The van der Waals surface area contributed by atoms with Gasteiger partial charge in [-0.25, -0.2) is 4.76 Å². The topological polar surface area (TPSA) is 29.4 Å². The zero-order valence-corrected chi connectivity index (χ0v) is 13.9. The van der Waals surface area contributed by atoms with Gasteiger partial charge in [0.2, 0.25) is 7.29 Å². The summed E-state index contributed by atoms with van der Waals surface area (Å²) >= 11 is 0. The average molecular weight is 329 g/mol. The third-order valence-electron chi connectivity index (χ3n) is 3.49. The van der Waals surface area contributed by atoms with E-state index >= 15 is 0 Å². The highest BCUT2D eigenvalue weighted by atomic mass is 31.2. The molecule has 2 nitrogen and oxygen atoms in total. The van der Waals surface area contributed by atoms with Crippen molar-refractivity contribution >= 4 is 24.1 Å². The number of hydrogen-bond donors (Lipinski definition) is 0. The highest BCUT2D eigenvalue weighted by molar-refractivity contribution is 7.77. The van der Waals surface area contributed by atoms with Gasteiger partial charge in [-0.15, -0.1) is 0 Å². The first-order valence-electron chi connectivity index (χ1n) is 7.61. The zero-order valence-electron chi connectivity index (χ0n) is 13.0. The molecule has 0 aromatic heterocycles. The average Bonchev–Trinajstić information content (AvgIpc) is 2.67. The molecule has 0 fully saturated rings. The molecule has 3 aromatic rings. The molecule has 0 saturated carbocycles. The van der Waals surface area contributed by atoms with Crippen LogP contribution in [0.4, 0.5) is 0 Å². The van der Waals surface area contributed by atoms with Crippen molar-refractivity contribution in [2.75, 3.05) is 0 Å². The molecule has 24 heavy (non-hydrogen) atoms. The van der Waals surface area contributed by atoms with E-state index in [1.54, 1.807) is 0 Å². The van der Waals surface area contributed by atoms with Crippen LogP contribution in [-0.2, 0) is 4.57 Å². The van der Waals surface area contributed by atoms with Crippen LogP contribution in [0, 0.1) is 11.8 Å². The summed E-state index contributed by atoms with van der Waals surface area (Å²) < 4.78 is 17.9. The van der Waals surface area contributed by atoms with E-state index in [4.69, 9.17) is 0 Å². The summed E-state index contributed by atoms with van der Waals surface area (Å²) in [6.45, 7) is 0. The van der Waals surface area contributed by atoms with Crippen LogP contribution in [0.5, 0.6) is 0 Å². The van der Waals surface area contributed by atoms with E-state index in [-0.39, 0.29) is 0 Å². The van der Waals surface area contributed by atoms with Gasteiger partial charge in [-0.2, -0.15) is 0 Å². The maximum Gasteiger partial charge on any atom is 0.247 e. The van der Waals surface area contributed by atoms with Crippen LogP contribution in [-0.4, -0.2) is 6.21 Å². The zero-order chi connectivity index (χ0) is 16.7. The Labute approximate surface area is 142 Å². The molecule has 0 amide bonds. The fraction of sp³-hybridized carbons (Fsp3) is 0. The highest BCUT2D eigenvalue weighted by Crippen LogP contribution is 2.44. The molecular weight excluding hydrogens is 313 g/mol. The molecule has 0 radical (unpaired) electrons. The number of benzene rings is 3. The standard InChI is InChI=1S/C21H16NOP/c23-24(20-14-6-2-7-15-20,21-16-8-3-9-17-21)22-18-10-13-19-11-4-1-5-12-19/h1-9,11-12,14-18H. The van der Waals surface area contributed by atoms with Crippen molar-refractivity contribution in [1.29, 1.82) is 0 Å². The molecule has 0 spiro atoms. The van der Waals surface area contributed by atoms with Gasteiger partial charge in [0, 0.05) is 16.2 Å². The van der Waals surface area contributed by atoms with Gasteiger partial charge in [0.05, 0.1) is 6.21 Å². The van der Waals surface area contributed by atoms with Crippen LogP contribution in [0.3, 0.4) is 0 Å². The molecule has 0 aliphatic rings. The van der Waals surface area contributed by atoms with E-state index in [0.717, 1.165) is 5.56 Å². The fourth-order valence-corrected chi connectivity index (χ4v) is 4.23. The van der Waals surface area contributed by atoms with Crippen LogP contribution in [0.15, 0.2) is 95.8 Å². The molecule has 0 unspecified atom stereocenters. The molecule has 0 saturated heterocycles. The molecular formula is C21H16NOP. The quantitative estimate of drug-likeness (QED) is 0.405. The van der Waals surface area contributed by atoms with Crippen molar-refractivity contribution in [2.45, 2.75) is 0 Å². The van der Waals surface area contributed by atoms with Gasteiger partial charge in [-0.3, -0.25) is 4.57 Å². The minimum atomic E-state index is -3.08. The van der Waals surface area contributed by atoms with Gasteiger partial charge < -0.3 is 0 Å². The van der Waals surface area contributed by atoms with Crippen LogP contribution in [0.25, 0.3) is 0 Å². The van der Waals surface area contributed by atoms with E-state index in [1.807, 2.05) is 91.0 Å². The summed E-state index contributed by atoms with van der Waals surface area (Å²) in [5.41, 5.74) is 0.901. The van der Waals surface area contributed by atoms with Crippen molar-refractivity contribution in [3.05, 3.63) is 96.6 Å². The summed E-state index contributed by atoms with van der Waals surface area (Å²) in [7, 11) is -3.08. The van der Waals surface area contributed by atoms with E-state index in [9.17, 15) is 4.57 Å². The monoisotopic (exact) mass is 329 g/mol. The Morgan fingerprint density at radius 3 is 1.67 bits per heavy atom. The largest absolute Gasteiger partial charge is 0.288 e. The van der Waals surface area contributed by atoms with E-state index in [0.29, 0.717) is 10.6 Å². The molecule has 3 heteroatoms. The van der Waals surface area contributed by atoms with E-state index < -0.39 is 7.29 Å². The number of rotatable bonds is 3. The van der Waals surface area contributed by atoms with E-state index in [2.05, 4.69) is 16.6 Å². The molecule has 116 valence electrons. The Morgan fingerprint density at radius 1 is 0.708 bits per heavy atom. The van der Waals surface area contributed by atoms with Gasteiger partial charge in [-0.05, 0) is 42.3 Å². The predicted molar refractivity (Wildman–Crippen MR) is 102 cm³/mol. The van der Waals surface area contributed by atoms with E-state index in [1.165, 1.54) is 6.21 Å². The normalized spacial score (nSPS) is 11.0. The van der Waals surface area contributed by atoms with Crippen molar-refractivity contribution in [1.82, 2.24) is 0 Å². The fourth-order valence-electron chi connectivity index (χ4n) is 2.29. The first kappa shape index (κ1) is 16.0. The van der Waals surface area contributed by atoms with Gasteiger partial charge in [0.25, 0.3) is 0 Å². The lowest BCUT2D eigenvalue weighted by molar-refractivity contribution is 0.588. The smallest absolute Gasteiger partial charge is 0.247 e. The lowest BCUT2D eigenvalue weighted by Gasteiger charge is -2.13.